The van der Waals surface area contributed by atoms with Gasteiger partial charge in [-0.15, -0.1) is 12.4 Å². The molecule has 0 unspecified atom stereocenters. The van der Waals surface area contributed by atoms with Crippen LogP contribution in [0.4, 0.5) is 8.78 Å². The molecule has 0 rings (SSSR count). The summed E-state index contributed by atoms with van der Waals surface area (Å²) in [7, 11) is 0. The topological polar surface area (TPSA) is 35.0 Å². The summed E-state index contributed by atoms with van der Waals surface area (Å²) < 4.78 is 20.7. The monoisotopic (exact) mass is 119 g/mol. The summed E-state index contributed by atoms with van der Waals surface area (Å²) >= 11 is 0. The van der Waals surface area contributed by atoms with Gasteiger partial charge in [0.25, 0.3) is 0 Å². The minimum absolute atomic E-state index is 0. The van der Waals surface area contributed by atoms with Crippen LogP contribution in [0.15, 0.2) is 0 Å². The Morgan fingerprint density at radius 2 is 1.33 bits per heavy atom. The number of hydrogen-bond acceptors (Lipinski definition) is 1. The lowest BCUT2D eigenvalue weighted by molar-refractivity contribution is 0.171. The van der Waals surface area contributed by atoms with Crippen molar-refractivity contribution in [3.8, 4) is 0 Å². The normalized spacial score (nSPS) is 6.00. The van der Waals surface area contributed by atoms with Gasteiger partial charge in [0.15, 0.2) is 0 Å². The van der Waals surface area contributed by atoms with E-state index in [1.807, 2.05) is 0 Å². The lowest BCUT2D eigenvalue weighted by atomic mass is 10.9. The van der Waals surface area contributed by atoms with Crippen LogP contribution >= 0.6 is 12.4 Å². The van der Waals surface area contributed by atoms with E-state index in [1.165, 1.54) is 0 Å². The van der Waals surface area contributed by atoms with Crippen molar-refractivity contribution >= 4 is 12.4 Å². The Morgan fingerprint density at radius 3 is 1.33 bits per heavy atom. The van der Waals surface area contributed by atoms with E-state index in [0.29, 0.717) is 0 Å². The summed E-state index contributed by atoms with van der Waals surface area (Å²) in [4.78, 5) is 0. The van der Waals surface area contributed by atoms with Crippen LogP contribution in [0.3, 0.4) is 0 Å². The molecule has 6 heavy (non-hydrogen) atoms. The van der Waals surface area contributed by atoms with Crippen LogP contribution in [0, 0.1) is 0 Å². The highest BCUT2D eigenvalue weighted by atomic mass is 35.5. The van der Waals surface area contributed by atoms with Crippen LogP contribution in [-0.2, 0) is 0 Å². The molecule has 0 fully saturated rings. The highest BCUT2D eigenvalue weighted by molar-refractivity contribution is 5.85. The average Bonchev–Trinajstić information content (AvgIpc) is 0.811. The second-order valence-corrected chi connectivity index (χ2v) is 0.519. The summed E-state index contributed by atoms with van der Waals surface area (Å²) in [6.45, 7) is 0.833. The standard InChI is InChI=1S/C2H4F2.ClH.H3N/c1-2(3)4;;/h2H,1H3;1H;1H3. The predicted octanol–water partition coefficient (Wildman–Crippen LogP) is 1.86. The van der Waals surface area contributed by atoms with Gasteiger partial charge in [0.05, 0.1) is 0 Å². The Kier molecular flexibility index (Phi) is 24.5. The van der Waals surface area contributed by atoms with Gasteiger partial charge in [0.2, 0.25) is 6.43 Å². The maximum absolute atomic E-state index is 10.3. The van der Waals surface area contributed by atoms with Crippen molar-refractivity contribution in [2.75, 3.05) is 0 Å². The van der Waals surface area contributed by atoms with Gasteiger partial charge in [-0.1, -0.05) is 0 Å². The first-order valence-electron chi connectivity index (χ1n) is 1.01. The molecule has 0 heterocycles. The molecule has 0 aliphatic rings. The predicted molar refractivity (Wildman–Crippen MR) is 23.9 cm³/mol. The maximum Gasteiger partial charge on any atom is 0.235 e. The molecular formula is C2H8ClF2N. The van der Waals surface area contributed by atoms with Gasteiger partial charge in [0, 0.05) is 0 Å². The lowest BCUT2D eigenvalue weighted by Crippen LogP contribution is -1.69. The zero-order valence-corrected chi connectivity index (χ0v) is 4.27. The fourth-order valence-corrected chi connectivity index (χ4v) is 0. The Labute approximate surface area is 41.7 Å². The Balaban J connectivity index is -0.0000000450. The number of alkyl halides is 2. The van der Waals surface area contributed by atoms with Crippen LogP contribution in [0.5, 0.6) is 0 Å². The van der Waals surface area contributed by atoms with Crippen LogP contribution in [-0.4, -0.2) is 6.43 Å². The molecule has 42 valence electrons. The largest absolute Gasteiger partial charge is 0.344 e. The van der Waals surface area contributed by atoms with E-state index in [9.17, 15) is 8.78 Å². The summed E-state index contributed by atoms with van der Waals surface area (Å²) in [5.41, 5.74) is 0. The third-order valence-electron chi connectivity index (χ3n) is 0. The smallest absolute Gasteiger partial charge is 0.235 e. The summed E-state index contributed by atoms with van der Waals surface area (Å²) in [6.07, 6.45) is -2.17. The Bertz CT molecular complexity index is 16.3. The molecule has 0 aliphatic heterocycles. The van der Waals surface area contributed by atoms with E-state index < -0.39 is 6.43 Å². The molecule has 0 saturated carbocycles. The fraction of sp³-hybridized carbons (Fsp3) is 1.00. The zero-order chi connectivity index (χ0) is 3.58. The average molecular weight is 120 g/mol. The number of halogens is 3. The lowest BCUT2D eigenvalue weighted by Gasteiger charge is -1.70. The zero-order valence-electron chi connectivity index (χ0n) is 3.45. The molecule has 0 spiro atoms. The minimum atomic E-state index is -2.17. The van der Waals surface area contributed by atoms with E-state index in [4.69, 9.17) is 0 Å². The molecule has 0 radical (unpaired) electrons. The number of rotatable bonds is 0. The van der Waals surface area contributed by atoms with Gasteiger partial charge in [-0.3, -0.25) is 0 Å². The molecule has 3 N–H and O–H groups in total. The SMILES string of the molecule is CC(F)F.Cl.N. The summed E-state index contributed by atoms with van der Waals surface area (Å²) in [5, 5.41) is 0. The van der Waals surface area contributed by atoms with E-state index in [0.717, 1.165) is 6.92 Å². The molecule has 0 saturated heterocycles. The molecule has 0 aromatic heterocycles. The van der Waals surface area contributed by atoms with Crippen molar-refractivity contribution < 1.29 is 8.78 Å². The fourth-order valence-electron chi connectivity index (χ4n) is 0. The van der Waals surface area contributed by atoms with Crippen molar-refractivity contribution in [3.63, 3.8) is 0 Å². The van der Waals surface area contributed by atoms with Crippen molar-refractivity contribution in [2.45, 2.75) is 13.3 Å². The molecule has 4 heteroatoms. The summed E-state index contributed by atoms with van der Waals surface area (Å²) in [6, 6.07) is 0. The van der Waals surface area contributed by atoms with Gasteiger partial charge in [-0.25, -0.2) is 8.78 Å². The van der Waals surface area contributed by atoms with Gasteiger partial charge < -0.3 is 6.15 Å². The molecule has 0 bridgehead atoms. The second-order valence-electron chi connectivity index (χ2n) is 0.519. The first-order chi connectivity index (χ1) is 1.73. The van der Waals surface area contributed by atoms with E-state index in [2.05, 4.69) is 0 Å². The van der Waals surface area contributed by atoms with E-state index in [-0.39, 0.29) is 18.6 Å². The van der Waals surface area contributed by atoms with Crippen LogP contribution in [0.25, 0.3) is 0 Å². The van der Waals surface area contributed by atoms with E-state index >= 15 is 0 Å². The van der Waals surface area contributed by atoms with Crippen LogP contribution in [0.1, 0.15) is 6.92 Å². The molecule has 0 aromatic rings. The quantitative estimate of drug-likeness (QED) is 0.519. The van der Waals surface area contributed by atoms with Crippen molar-refractivity contribution in [1.29, 1.82) is 0 Å². The first-order valence-corrected chi connectivity index (χ1v) is 1.01. The molecule has 0 atom stereocenters. The number of hydrogen-bond donors (Lipinski definition) is 1. The highest BCUT2D eigenvalue weighted by Crippen LogP contribution is 1.82. The first kappa shape index (κ1) is 16.5. The van der Waals surface area contributed by atoms with Crippen molar-refractivity contribution in [3.05, 3.63) is 0 Å². The van der Waals surface area contributed by atoms with Crippen LogP contribution < -0.4 is 6.15 Å². The van der Waals surface area contributed by atoms with Crippen LogP contribution in [0.2, 0.25) is 0 Å². The Hall–Kier alpha value is 0.110. The second kappa shape index (κ2) is 8.92. The molecule has 0 amide bonds. The van der Waals surface area contributed by atoms with Gasteiger partial charge in [0.1, 0.15) is 0 Å². The van der Waals surface area contributed by atoms with E-state index in [1.54, 1.807) is 0 Å². The Morgan fingerprint density at radius 1 is 1.33 bits per heavy atom. The van der Waals surface area contributed by atoms with Crippen molar-refractivity contribution in [1.82, 2.24) is 6.15 Å². The highest BCUT2D eigenvalue weighted by Gasteiger charge is 1.79. The maximum atomic E-state index is 10.3. The minimum Gasteiger partial charge on any atom is -0.344 e. The third kappa shape index (κ3) is 3290. The van der Waals surface area contributed by atoms with Gasteiger partial charge in [-0.2, -0.15) is 0 Å². The third-order valence-corrected chi connectivity index (χ3v) is 0. The molecular weight excluding hydrogens is 111 g/mol. The molecule has 0 aromatic carbocycles. The van der Waals surface area contributed by atoms with Gasteiger partial charge in [-0.05, 0) is 6.92 Å². The molecule has 0 aliphatic carbocycles. The van der Waals surface area contributed by atoms with Crippen molar-refractivity contribution in [2.24, 2.45) is 0 Å². The van der Waals surface area contributed by atoms with Gasteiger partial charge >= 0.3 is 0 Å². The molecule has 1 nitrogen and oxygen atoms in total. The summed E-state index contributed by atoms with van der Waals surface area (Å²) in [5.74, 6) is 0.